The lowest BCUT2D eigenvalue weighted by molar-refractivity contribution is 0.501. The van der Waals surface area contributed by atoms with Crippen molar-refractivity contribution in [2.75, 3.05) is 25.0 Å². The van der Waals surface area contributed by atoms with Crippen molar-refractivity contribution >= 4 is 5.69 Å². The summed E-state index contributed by atoms with van der Waals surface area (Å²) in [5, 5.41) is 7.13. The van der Waals surface area contributed by atoms with E-state index >= 15 is 0 Å². The third-order valence-electron chi connectivity index (χ3n) is 3.98. The predicted octanol–water partition coefficient (Wildman–Crippen LogP) is 4.00. The molecule has 0 bridgehead atoms. The fourth-order valence-electron chi connectivity index (χ4n) is 2.84. The minimum atomic E-state index is 0.683. The molecule has 1 heterocycles. The Morgan fingerprint density at radius 1 is 1.26 bits per heavy atom. The van der Waals surface area contributed by atoms with Gasteiger partial charge in [0.15, 0.2) is 0 Å². The summed E-state index contributed by atoms with van der Waals surface area (Å²) in [4.78, 5) is 0. The zero-order valence-electron chi connectivity index (χ0n) is 12.4. The van der Waals surface area contributed by atoms with Crippen LogP contribution < -0.4 is 10.6 Å². The Hall–Kier alpha value is -1.02. The van der Waals surface area contributed by atoms with Gasteiger partial charge in [-0.3, -0.25) is 0 Å². The molecule has 1 unspecified atom stereocenters. The number of hydrogen-bond acceptors (Lipinski definition) is 2. The van der Waals surface area contributed by atoms with Gasteiger partial charge in [0.2, 0.25) is 0 Å². The third kappa shape index (κ3) is 4.54. The van der Waals surface area contributed by atoms with E-state index in [2.05, 4.69) is 48.7 Å². The molecule has 0 saturated heterocycles. The Kier molecular flexibility index (Phi) is 5.71. The van der Waals surface area contributed by atoms with Crippen molar-refractivity contribution in [3.8, 4) is 0 Å². The first-order valence-corrected chi connectivity index (χ1v) is 7.81. The molecule has 1 aromatic rings. The molecule has 2 N–H and O–H groups in total. The topological polar surface area (TPSA) is 24.1 Å². The Labute approximate surface area is 118 Å². The highest BCUT2D eigenvalue weighted by molar-refractivity contribution is 5.54. The highest BCUT2D eigenvalue weighted by Gasteiger charge is 2.18. The van der Waals surface area contributed by atoms with E-state index in [9.17, 15) is 0 Å². The van der Waals surface area contributed by atoms with Gasteiger partial charge in [0.1, 0.15) is 0 Å². The van der Waals surface area contributed by atoms with Crippen molar-refractivity contribution in [1.29, 1.82) is 0 Å². The molecule has 0 aliphatic carbocycles. The molecule has 2 rings (SSSR count). The normalized spacial score (nSPS) is 18.2. The molecule has 106 valence electrons. The molecule has 0 saturated carbocycles. The monoisotopic (exact) mass is 260 g/mol. The van der Waals surface area contributed by atoms with Crippen LogP contribution >= 0.6 is 0 Å². The first kappa shape index (κ1) is 14.4. The van der Waals surface area contributed by atoms with E-state index in [0.717, 1.165) is 19.0 Å². The van der Waals surface area contributed by atoms with E-state index < -0.39 is 0 Å². The van der Waals surface area contributed by atoms with E-state index in [1.165, 1.54) is 43.5 Å². The molecule has 0 amide bonds. The second kappa shape index (κ2) is 7.54. The summed E-state index contributed by atoms with van der Waals surface area (Å²) in [6, 6.07) is 8.74. The van der Waals surface area contributed by atoms with Gasteiger partial charge in [0.05, 0.1) is 0 Å². The summed E-state index contributed by atoms with van der Waals surface area (Å²) >= 11 is 0. The molecule has 0 spiro atoms. The maximum Gasteiger partial charge on any atom is 0.0376 e. The molecule has 1 aliphatic rings. The first-order valence-electron chi connectivity index (χ1n) is 7.81. The maximum atomic E-state index is 3.64. The Balaban J connectivity index is 1.70. The lowest BCUT2D eigenvalue weighted by atomic mass is 9.91. The van der Waals surface area contributed by atoms with Gasteiger partial charge >= 0.3 is 0 Å². The number of anilines is 1. The van der Waals surface area contributed by atoms with E-state index in [1.54, 1.807) is 0 Å². The zero-order valence-corrected chi connectivity index (χ0v) is 12.4. The van der Waals surface area contributed by atoms with Crippen LogP contribution in [0.15, 0.2) is 24.3 Å². The maximum absolute atomic E-state index is 3.64. The van der Waals surface area contributed by atoms with E-state index in [-0.39, 0.29) is 0 Å². The van der Waals surface area contributed by atoms with Crippen molar-refractivity contribution in [3.63, 3.8) is 0 Å². The van der Waals surface area contributed by atoms with Crippen molar-refractivity contribution in [2.24, 2.45) is 5.92 Å². The number of nitrogens with one attached hydrogen (secondary N) is 2. The number of hydrogen-bond donors (Lipinski definition) is 2. The van der Waals surface area contributed by atoms with Gasteiger partial charge < -0.3 is 10.6 Å². The van der Waals surface area contributed by atoms with Crippen LogP contribution in [0.2, 0.25) is 0 Å². The largest absolute Gasteiger partial charge is 0.385 e. The average molecular weight is 260 g/mol. The standard InChI is InChI=1S/C17H28N2/c1-14(2)7-5-6-11-18-13-15-10-12-19-17-9-4-3-8-16(15)17/h3-4,8-9,14-15,18-19H,5-7,10-13H2,1-2H3. The van der Waals surface area contributed by atoms with E-state index in [0.29, 0.717) is 5.92 Å². The molecular weight excluding hydrogens is 232 g/mol. The molecule has 1 aromatic carbocycles. The van der Waals surface area contributed by atoms with Gasteiger partial charge in [0, 0.05) is 24.7 Å². The van der Waals surface area contributed by atoms with E-state index in [1.807, 2.05) is 0 Å². The quantitative estimate of drug-likeness (QED) is 0.724. The van der Waals surface area contributed by atoms with Crippen LogP contribution in [-0.4, -0.2) is 19.6 Å². The Morgan fingerprint density at radius 2 is 2.11 bits per heavy atom. The zero-order chi connectivity index (χ0) is 13.5. The van der Waals surface area contributed by atoms with Crippen LogP contribution in [0.5, 0.6) is 0 Å². The molecular formula is C17H28N2. The van der Waals surface area contributed by atoms with Crippen LogP contribution in [-0.2, 0) is 0 Å². The van der Waals surface area contributed by atoms with E-state index in [4.69, 9.17) is 0 Å². The predicted molar refractivity (Wildman–Crippen MR) is 83.8 cm³/mol. The van der Waals surface area contributed by atoms with Gasteiger partial charge in [-0.1, -0.05) is 44.9 Å². The molecule has 0 aromatic heterocycles. The fraction of sp³-hybridized carbons (Fsp3) is 0.647. The summed E-state index contributed by atoms with van der Waals surface area (Å²) in [6.07, 6.45) is 5.27. The Bertz CT molecular complexity index is 373. The Morgan fingerprint density at radius 3 is 2.95 bits per heavy atom. The van der Waals surface area contributed by atoms with Gasteiger partial charge in [-0.05, 0) is 36.9 Å². The number of fused-ring (bicyclic) bond motifs is 1. The van der Waals surface area contributed by atoms with Gasteiger partial charge in [0.25, 0.3) is 0 Å². The summed E-state index contributed by atoms with van der Waals surface area (Å²) in [7, 11) is 0. The SMILES string of the molecule is CC(C)CCCCNCC1CCNc2ccccc21. The summed E-state index contributed by atoms with van der Waals surface area (Å²) < 4.78 is 0. The molecule has 2 nitrogen and oxygen atoms in total. The number of benzene rings is 1. The number of unbranched alkanes of at least 4 members (excludes halogenated alkanes) is 1. The molecule has 1 aliphatic heterocycles. The molecule has 2 heteroatoms. The second-order valence-corrected chi connectivity index (χ2v) is 6.09. The lowest BCUT2D eigenvalue weighted by Gasteiger charge is -2.27. The number of rotatable bonds is 7. The van der Waals surface area contributed by atoms with Crippen molar-refractivity contribution < 1.29 is 0 Å². The van der Waals surface area contributed by atoms with Crippen LogP contribution in [0.4, 0.5) is 5.69 Å². The van der Waals surface area contributed by atoms with Crippen molar-refractivity contribution in [2.45, 2.75) is 45.4 Å². The lowest BCUT2D eigenvalue weighted by Crippen LogP contribution is -2.27. The number of para-hydroxylation sites is 1. The second-order valence-electron chi connectivity index (χ2n) is 6.09. The molecule has 0 radical (unpaired) electrons. The van der Waals surface area contributed by atoms with Crippen molar-refractivity contribution in [3.05, 3.63) is 29.8 Å². The summed E-state index contributed by atoms with van der Waals surface area (Å²) in [5.41, 5.74) is 2.82. The average Bonchev–Trinajstić information content (AvgIpc) is 2.42. The van der Waals surface area contributed by atoms with Crippen LogP contribution in [0.1, 0.15) is 51.0 Å². The van der Waals surface area contributed by atoms with Gasteiger partial charge in [-0.15, -0.1) is 0 Å². The summed E-state index contributed by atoms with van der Waals surface area (Å²) in [6.45, 7) is 8.01. The minimum Gasteiger partial charge on any atom is -0.385 e. The third-order valence-corrected chi connectivity index (χ3v) is 3.98. The highest BCUT2D eigenvalue weighted by Crippen LogP contribution is 2.30. The highest BCUT2D eigenvalue weighted by atomic mass is 14.9. The molecule has 19 heavy (non-hydrogen) atoms. The van der Waals surface area contributed by atoms with Crippen LogP contribution in [0.25, 0.3) is 0 Å². The van der Waals surface area contributed by atoms with Crippen molar-refractivity contribution in [1.82, 2.24) is 5.32 Å². The van der Waals surface area contributed by atoms with Crippen LogP contribution in [0, 0.1) is 5.92 Å². The minimum absolute atomic E-state index is 0.683. The molecule has 0 fully saturated rings. The van der Waals surface area contributed by atoms with Crippen LogP contribution in [0.3, 0.4) is 0 Å². The smallest absolute Gasteiger partial charge is 0.0376 e. The first-order chi connectivity index (χ1) is 9.27. The van der Waals surface area contributed by atoms with Gasteiger partial charge in [-0.25, -0.2) is 0 Å². The summed E-state index contributed by atoms with van der Waals surface area (Å²) in [5.74, 6) is 1.53. The fourth-order valence-corrected chi connectivity index (χ4v) is 2.84. The van der Waals surface area contributed by atoms with Gasteiger partial charge in [-0.2, -0.15) is 0 Å². The molecule has 1 atom stereocenters.